The van der Waals surface area contributed by atoms with Crippen LogP contribution in [0.5, 0.6) is 0 Å². The van der Waals surface area contributed by atoms with Crippen molar-refractivity contribution in [2.24, 2.45) is 4.99 Å². The molecule has 3 aromatic rings. The van der Waals surface area contributed by atoms with Crippen LogP contribution >= 0.6 is 11.3 Å². The van der Waals surface area contributed by atoms with Crippen LogP contribution in [0.25, 0.3) is 5.69 Å². The van der Waals surface area contributed by atoms with Gasteiger partial charge in [-0.25, -0.2) is 9.67 Å². The molecule has 0 saturated heterocycles. The molecule has 7 heteroatoms. The summed E-state index contributed by atoms with van der Waals surface area (Å²) in [6, 6.07) is 10.1. The standard InChI is InChI=1S/C19H24N6S/c1-15-11-22-18(26-15)9-10-21-19(20-2)24(3)13-16-12-23-25(14-16)17-7-5-4-6-8-17/h4-8,11-12,14H,9-10,13H2,1-3H3,(H,20,21). The number of para-hydroxylation sites is 1. The molecule has 0 aliphatic rings. The van der Waals surface area contributed by atoms with Gasteiger partial charge in [-0.3, -0.25) is 4.99 Å². The van der Waals surface area contributed by atoms with Crippen LogP contribution in [0, 0.1) is 6.92 Å². The molecule has 0 aliphatic carbocycles. The largest absolute Gasteiger partial charge is 0.356 e. The molecule has 26 heavy (non-hydrogen) atoms. The van der Waals surface area contributed by atoms with Crippen molar-refractivity contribution in [1.29, 1.82) is 0 Å². The number of aryl methyl sites for hydroxylation is 1. The SMILES string of the molecule is CN=C(NCCc1ncc(C)s1)N(C)Cc1cnn(-c2ccccc2)c1. The van der Waals surface area contributed by atoms with Crippen molar-refractivity contribution in [3.8, 4) is 5.69 Å². The molecule has 2 aromatic heterocycles. The molecular formula is C19H24N6S. The van der Waals surface area contributed by atoms with Gasteiger partial charge in [-0.1, -0.05) is 18.2 Å². The number of thiazole rings is 1. The highest BCUT2D eigenvalue weighted by Crippen LogP contribution is 2.11. The highest BCUT2D eigenvalue weighted by Gasteiger charge is 2.09. The van der Waals surface area contributed by atoms with E-state index in [1.165, 1.54) is 4.88 Å². The zero-order valence-electron chi connectivity index (χ0n) is 15.4. The molecule has 0 radical (unpaired) electrons. The first kappa shape index (κ1) is 18.1. The summed E-state index contributed by atoms with van der Waals surface area (Å²) in [5.74, 6) is 0.866. The number of rotatable bonds is 6. The third-order valence-electron chi connectivity index (χ3n) is 3.94. The quantitative estimate of drug-likeness (QED) is 0.537. The van der Waals surface area contributed by atoms with E-state index in [1.54, 1.807) is 18.4 Å². The second-order valence-electron chi connectivity index (χ2n) is 6.07. The highest BCUT2D eigenvalue weighted by atomic mass is 32.1. The Morgan fingerprint density at radius 2 is 2.08 bits per heavy atom. The summed E-state index contributed by atoms with van der Waals surface area (Å²) >= 11 is 1.74. The minimum Gasteiger partial charge on any atom is -0.356 e. The van der Waals surface area contributed by atoms with Gasteiger partial charge in [0.2, 0.25) is 0 Å². The minimum atomic E-state index is 0.739. The van der Waals surface area contributed by atoms with Crippen LogP contribution in [0.1, 0.15) is 15.4 Å². The third-order valence-corrected chi connectivity index (χ3v) is 4.91. The maximum absolute atomic E-state index is 4.45. The molecular weight excluding hydrogens is 344 g/mol. The van der Waals surface area contributed by atoms with E-state index in [-0.39, 0.29) is 0 Å². The van der Waals surface area contributed by atoms with E-state index in [2.05, 4.69) is 38.4 Å². The molecule has 2 heterocycles. The third kappa shape index (κ3) is 4.70. The normalized spacial score (nSPS) is 11.6. The van der Waals surface area contributed by atoms with Gasteiger partial charge in [-0.2, -0.15) is 5.10 Å². The molecule has 0 bridgehead atoms. The van der Waals surface area contributed by atoms with Crippen LogP contribution < -0.4 is 5.32 Å². The lowest BCUT2D eigenvalue weighted by molar-refractivity contribution is 0.477. The molecule has 1 aromatic carbocycles. The van der Waals surface area contributed by atoms with E-state index in [0.29, 0.717) is 0 Å². The number of guanidine groups is 1. The predicted octanol–water partition coefficient (Wildman–Crippen LogP) is 2.89. The van der Waals surface area contributed by atoms with Crippen molar-refractivity contribution >= 4 is 17.3 Å². The molecule has 0 unspecified atom stereocenters. The van der Waals surface area contributed by atoms with E-state index in [9.17, 15) is 0 Å². The number of hydrogen-bond donors (Lipinski definition) is 1. The Hall–Kier alpha value is -2.67. The number of aliphatic imine (C=N–C) groups is 1. The smallest absolute Gasteiger partial charge is 0.193 e. The van der Waals surface area contributed by atoms with E-state index in [1.807, 2.05) is 54.5 Å². The maximum atomic E-state index is 4.45. The molecule has 6 nitrogen and oxygen atoms in total. The number of nitrogens with zero attached hydrogens (tertiary/aromatic N) is 5. The first-order chi connectivity index (χ1) is 12.7. The second-order valence-corrected chi connectivity index (χ2v) is 7.39. The molecule has 0 spiro atoms. The monoisotopic (exact) mass is 368 g/mol. The number of benzene rings is 1. The lowest BCUT2D eigenvalue weighted by Crippen LogP contribution is -2.39. The average Bonchev–Trinajstić information content (AvgIpc) is 3.28. The van der Waals surface area contributed by atoms with Gasteiger partial charge in [-0.15, -0.1) is 11.3 Å². The number of aromatic nitrogens is 3. The Labute approximate surface area is 158 Å². The van der Waals surface area contributed by atoms with Gasteiger partial charge < -0.3 is 10.2 Å². The fourth-order valence-electron chi connectivity index (χ4n) is 2.70. The maximum Gasteiger partial charge on any atom is 0.193 e. The fourth-order valence-corrected chi connectivity index (χ4v) is 3.48. The summed E-state index contributed by atoms with van der Waals surface area (Å²) in [4.78, 5) is 12.1. The van der Waals surface area contributed by atoms with E-state index >= 15 is 0 Å². The van der Waals surface area contributed by atoms with Gasteiger partial charge >= 0.3 is 0 Å². The average molecular weight is 369 g/mol. The highest BCUT2D eigenvalue weighted by molar-refractivity contribution is 7.11. The zero-order chi connectivity index (χ0) is 18.4. The fraction of sp³-hybridized carbons (Fsp3) is 0.316. The summed E-state index contributed by atoms with van der Waals surface area (Å²) in [7, 11) is 3.84. The molecule has 0 aliphatic heterocycles. The lowest BCUT2D eigenvalue weighted by Gasteiger charge is -2.21. The zero-order valence-corrected chi connectivity index (χ0v) is 16.2. The first-order valence-electron chi connectivity index (χ1n) is 8.58. The van der Waals surface area contributed by atoms with Crippen molar-refractivity contribution in [3.63, 3.8) is 0 Å². The van der Waals surface area contributed by atoms with Crippen molar-refractivity contribution in [2.45, 2.75) is 19.9 Å². The van der Waals surface area contributed by atoms with Gasteiger partial charge in [0.25, 0.3) is 0 Å². The summed E-state index contributed by atoms with van der Waals surface area (Å²) in [6.45, 7) is 3.63. The van der Waals surface area contributed by atoms with E-state index in [4.69, 9.17) is 0 Å². The Morgan fingerprint density at radius 3 is 2.77 bits per heavy atom. The van der Waals surface area contributed by atoms with Crippen molar-refractivity contribution in [1.82, 2.24) is 25.0 Å². The second kappa shape index (κ2) is 8.62. The summed E-state index contributed by atoms with van der Waals surface area (Å²) in [5, 5.41) is 9.00. The van der Waals surface area contributed by atoms with Crippen LogP contribution in [0.15, 0.2) is 53.9 Å². The summed E-state index contributed by atoms with van der Waals surface area (Å²) in [5.41, 5.74) is 2.19. The Kier molecular flexibility index (Phi) is 6.01. The molecule has 0 fully saturated rings. The van der Waals surface area contributed by atoms with Crippen LogP contribution in [0.3, 0.4) is 0 Å². The molecule has 0 atom stereocenters. The van der Waals surface area contributed by atoms with Gasteiger partial charge in [0.05, 0.1) is 16.9 Å². The molecule has 3 rings (SSSR count). The molecule has 0 amide bonds. The topological polar surface area (TPSA) is 58.3 Å². The van der Waals surface area contributed by atoms with Gasteiger partial charge in [0.1, 0.15) is 0 Å². The van der Waals surface area contributed by atoms with Crippen molar-refractivity contribution in [2.75, 3.05) is 20.6 Å². The molecule has 136 valence electrons. The lowest BCUT2D eigenvalue weighted by atomic mass is 10.3. The molecule has 0 saturated carbocycles. The van der Waals surface area contributed by atoms with Gasteiger partial charge in [0, 0.05) is 56.4 Å². The Balaban J connectivity index is 1.54. The van der Waals surface area contributed by atoms with Crippen LogP contribution in [0.2, 0.25) is 0 Å². The van der Waals surface area contributed by atoms with Crippen LogP contribution in [-0.4, -0.2) is 46.3 Å². The number of nitrogens with one attached hydrogen (secondary N) is 1. The van der Waals surface area contributed by atoms with Gasteiger partial charge in [-0.05, 0) is 19.1 Å². The Morgan fingerprint density at radius 1 is 1.27 bits per heavy atom. The predicted molar refractivity (Wildman–Crippen MR) is 107 cm³/mol. The molecule has 1 N–H and O–H groups in total. The van der Waals surface area contributed by atoms with Crippen LogP contribution in [0.4, 0.5) is 0 Å². The summed E-state index contributed by atoms with van der Waals surface area (Å²) in [6.07, 6.45) is 6.77. The Bertz CT molecular complexity index is 852. The van der Waals surface area contributed by atoms with Gasteiger partial charge in [0.15, 0.2) is 5.96 Å². The summed E-state index contributed by atoms with van der Waals surface area (Å²) < 4.78 is 1.89. The number of hydrogen-bond acceptors (Lipinski definition) is 4. The van der Waals surface area contributed by atoms with E-state index < -0.39 is 0 Å². The first-order valence-corrected chi connectivity index (χ1v) is 9.39. The van der Waals surface area contributed by atoms with Crippen LogP contribution in [-0.2, 0) is 13.0 Å². The van der Waals surface area contributed by atoms with E-state index in [0.717, 1.165) is 41.7 Å². The minimum absolute atomic E-state index is 0.739. The van der Waals surface area contributed by atoms with Crippen molar-refractivity contribution in [3.05, 3.63) is 64.4 Å². The van der Waals surface area contributed by atoms with Crippen molar-refractivity contribution < 1.29 is 0 Å².